The van der Waals surface area contributed by atoms with E-state index in [4.69, 9.17) is 5.73 Å². The van der Waals surface area contributed by atoms with Gasteiger partial charge in [-0.15, -0.1) is 0 Å². The number of nitrogens with one attached hydrogen (secondary N) is 2. The average Bonchev–Trinajstić information content (AvgIpc) is 2.76. The molecule has 1 saturated heterocycles. The zero-order chi connectivity index (χ0) is 25.5. The van der Waals surface area contributed by atoms with Crippen molar-refractivity contribution in [1.29, 1.82) is 0 Å². The number of carbonyl (C=O) groups is 3. The van der Waals surface area contributed by atoms with Crippen LogP contribution in [0.25, 0.3) is 0 Å². The fraction of sp³-hybridized carbons (Fsp3) is 0.600. The van der Waals surface area contributed by atoms with Gasteiger partial charge >= 0.3 is 0 Å². The molecule has 1 heterocycles. The predicted molar refractivity (Wildman–Crippen MR) is 132 cm³/mol. The van der Waals surface area contributed by atoms with E-state index < -0.39 is 23.5 Å². The number of hydrogen-bond donors (Lipinski definition) is 4. The predicted octanol–water partition coefficient (Wildman–Crippen LogP) is 1.73. The largest absolute Gasteiger partial charge is 0.508 e. The lowest BCUT2D eigenvalue weighted by Gasteiger charge is -2.41. The number of Topliss-reactive ketones (excluding diaryl/α,β-unsaturated/α-hetero) is 2. The van der Waals surface area contributed by atoms with Gasteiger partial charge in [-0.05, 0) is 43.9 Å². The minimum absolute atomic E-state index is 0.00738. The second-order valence-corrected chi connectivity index (χ2v) is 9.88. The van der Waals surface area contributed by atoms with Crippen LogP contribution in [0.5, 0.6) is 5.75 Å². The number of phenols is 1. The van der Waals surface area contributed by atoms with Crippen LogP contribution in [0.2, 0.25) is 0 Å². The molecule has 1 aromatic rings. The van der Waals surface area contributed by atoms with Gasteiger partial charge in [0.25, 0.3) is 0 Å². The van der Waals surface area contributed by atoms with Gasteiger partial charge in [0, 0.05) is 24.9 Å². The van der Waals surface area contributed by atoms with Gasteiger partial charge in [0.1, 0.15) is 17.8 Å². The topological polar surface area (TPSA) is 137 Å². The zero-order valence-corrected chi connectivity index (χ0v) is 20.9. The summed E-state index contributed by atoms with van der Waals surface area (Å²) in [6.07, 6.45) is 1.82. The molecule has 0 radical (unpaired) electrons. The van der Waals surface area contributed by atoms with Gasteiger partial charge in [-0.3, -0.25) is 19.4 Å². The summed E-state index contributed by atoms with van der Waals surface area (Å²) in [6, 6.07) is 4.92. The molecular formula is C25H39N5O4. The lowest BCUT2D eigenvalue weighted by atomic mass is 9.84. The minimum Gasteiger partial charge on any atom is -0.508 e. The first-order valence-electron chi connectivity index (χ1n) is 11.9. The number of amides is 1. The highest BCUT2D eigenvalue weighted by Gasteiger charge is 2.39. The Kier molecular flexibility index (Phi) is 9.76. The SMILES string of the molecule is CCC(=O)C1CN(N[C@@H](Cc2ccc(O)cc2)C(=O)C(C)(C)C)C(CCCN=C(C)N)C(=O)N1. The maximum atomic E-state index is 13.4. The Morgan fingerprint density at radius 2 is 1.94 bits per heavy atom. The molecule has 3 atom stereocenters. The van der Waals surface area contributed by atoms with Crippen molar-refractivity contribution in [3.63, 3.8) is 0 Å². The summed E-state index contributed by atoms with van der Waals surface area (Å²) in [5.74, 6) is 0.331. The summed E-state index contributed by atoms with van der Waals surface area (Å²) in [5, 5.41) is 14.2. The molecule has 0 aromatic heterocycles. The Hall–Kier alpha value is -2.78. The minimum atomic E-state index is -0.635. The van der Waals surface area contributed by atoms with Crippen LogP contribution < -0.4 is 16.5 Å². The fourth-order valence-electron chi connectivity index (χ4n) is 3.96. The summed E-state index contributed by atoms with van der Waals surface area (Å²) >= 11 is 0. The van der Waals surface area contributed by atoms with Gasteiger partial charge in [-0.1, -0.05) is 39.8 Å². The van der Waals surface area contributed by atoms with Crippen LogP contribution in [0, 0.1) is 5.41 Å². The van der Waals surface area contributed by atoms with Crippen molar-refractivity contribution in [2.45, 2.75) is 78.4 Å². The number of rotatable bonds is 11. The number of aromatic hydroxyl groups is 1. The van der Waals surface area contributed by atoms with Crippen LogP contribution in [0.1, 0.15) is 59.4 Å². The molecule has 1 aliphatic heterocycles. The number of hydrazine groups is 1. The van der Waals surface area contributed by atoms with Gasteiger partial charge < -0.3 is 16.2 Å². The Morgan fingerprint density at radius 3 is 2.50 bits per heavy atom. The van der Waals surface area contributed by atoms with E-state index in [0.717, 1.165) is 5.56 Å². The lowest BCUT2D eigenvalue weighted by Crippen LogP contribution is -2.68. The van der Waals surface area contributed by atoms with Crippen LogP contribution in [0.15, 0.2) is 29.3 Å². The lowest BCUT2D eigenvalue weighted by molar-refractivity contribution is -0.141. The van der Waals surface area contributed by atoms with Gasteiger partial charge in [0.05, 0.1) is 11.9 Å². The Bertz CT molecular complexity index is 888. The fourth-order valence-corrected chi connectivity index (χ4v) is 3.96. The van der Waals surface area contributed by atoms with E-state index in [0.29, 0.717) is 38.1 Å². The third-order valence-corrected chi connectivity index (χ3v) is 5.86. The van der Waals surface area contributed by atoms with Crippen molar-refractivity contribution in [3.05, 3.63) is 29.8 Å². The summed E-state index contributed by atoms with van der Waals surface area (Å²) in [5.41, 5.74) is 9.18. The summed E-state index contributed by atoms with van der Waals surface area (Å²) in [6.45, 7) is 9.82. The molecule has 0 spiro atoms. The van der Waals surface area contributed by atoms with E-state index in [9.17, 15) is 19.5 Å². The molecule has 1 aromatic carbocycles. The van der Waals surface area contributed by atoms with Crippen molar-refractivity contribution in [3.8, 4) is 5.75 Å². The molecular weight excluding hydrogens is 434 g/mol. The van der Waals surface area contributed by atoms with E-state index in [1.54, 1.807) is 43.1 Å². The first kappa shape index (κ1) is 27.5. The number of hydrogen-bond acceptors (Lipinski definition) is 7. The monoisotopic (exact) mass is 473 g/mol. The molecule has 5 N–H and O–H groups in total. The number of ketones is 2. The molecule has 0 saturated carbocycles. The van der Waals surface area contributed by atoms with Gasteiger partial charge in [0.2, 0.25) is 5.91 Å². The van der Waals surface area contributed by atoms with Gasteiger partial charge in [-0.2, -0.15) is 0 Å². The number of nitrogens with two attached hydrogens (primary N) is 1. The van der Waals surface area contributed by atoms with Crippen LogP contribution in [0.4, 0.5) is 0 Å². The first-order chi connectivity index (χ1) is 15.9. The molecule has 9 heteroatoms. The maximum Gasteiger partial charge on any atom is 0.239 e. The first-order valence-corrected chi connectivity index (χ1v) is 11.9. The zero-order valence-electron chi connectivity index (χ0n) is 20.9. The van der Waals surface area contributed by atoms with Crippen LogP contribution >= 0.6 is 0 Å². The second-order valence-electron chi connectivity index (χ2n) is 9.88. The second kappa shape index (κ2) is 12.1. The number of phenolic OH excluding ortho intramolecular Hbond substituents is 1. The Balaban J connectivity index is 2.30. The Labute approximate surface area is 202 Å². The highest BCUT2D eigenvalue weighted by atomic mass is 16.3. The van der Waals surface area contributed by atoms with Crippen molar-refractivity contribution < 1.29 is 19.5 Å². The van der Waals surface area contributed by atoms with Crippen molar-refractivity contribution in [2.24, 2.45) is 16.1 Å². The molecule has 2 rings (SSSR count). The summed E-state index contributed by atoms with van der Waals surface area (Å²) in [7, 11) is 0. The number of amidine groups is 1. The standard InChI is InChI=1S/C25H39N5O4/c1-6-22(32)20-15-30(21(24(34)28-20)8-7-13-27-16(2)26)29-19(23(33)25(3,4)5)14-17-9-11-18(31)12-10-17/h9-12,19-21,29,31H,6-8,13-15H2,1-5H3,(H2,26,27)(H,28,34)/t19-,20?,21?/m0/s1. The van der Waals surface area contributed by atoms with E-state index in [1.807, 2.05) is 20.8 Å². The third-order valence-electron chi connectivity index (χ3n) is 5.86. The number of nitrogens with zero attached hydrogens (tertiary/aromatic N) is 2. The van der Waals surface area contributed by atoms with Crippen LogP contribution in [-0.2, 0) is 20.8 Å². The van der Waals surface area contributed by atoms with Crippen molar-refractivity contribution >= 4 is 23.3 Å². The normalized spacial score (nSPS) is 20.6. The van der Waals surface area contributed by atoms with Gasteiger partial charge in [-0.25, -0.2) is 10.4 Å². The summed E-state index contributed by atoms with van der Waals surface area (Å²) < 4.78 is 0. The number of piperazine rings is 1. The molecule has 9 nitrogen and oxygen atoms in total. The third kappa shape index (κ3) is 7.92. The molecule has 0 aliphatic carbocycles. The van der Waals surface area contributed by atoms with E-state index in [2.05, 4.69) is 15.7 Å². The molecule has 34 heavy (non-hydrogen) atoms. The molecule has 1 fully saturated rings. The van der Waals surface area contributed by atoms with Gasteiger partial charge in [0.15, 0.2) is 11.6 Å². The quantitative estimate of drug-likeness (QED) is 0.218. The average molecular weight is 474 g/mol. The van der Waals surface area contributed by atoms with E-state index >= 15 is 0 Å². The smallest absolute Gasteiger partial charge is 0.239 e. The van der Waals surface area contributed by atoms with E-state index in [-0.39, 0.29) is 29.8 Å². The number of benzene rings is 1. The Morgan fingerprint density at radius 1 is 1.29 bits per heavy atom. The highest BCUT2D eigenvalue weighted by Crippen LogP contribution is 2.22. The van der Waals surface area contributed by atoms with Crippen molar-refractivity contribution in [1.82, 2.24) is 15.8 Å². The maximum absolute atomic E-state index is 13.4. The highest BCUT2D eigenvalue weighted by molar-refractivity contribution is 5.92. The van der Waals surface area contributed by atoms with Crippen molar-refractivity contribution in [2.75, 3.05) is 13.1 Å². The molecule has 1 amide bonds. The molecule has 1 aliphatic rings. The van der Waals surface area contributed by atoms with Crippen LogP contribution in [-0.4, -0.2) is 64.6 Å². The van der Waals surface area contributed by atoms with Crippen LogP contribution in [0.3, 0.4) is 0 Å². The molecule has 188 valence electrons. The summed E-state index contributed by atoms with van der Waals surface area (Å²) in [4.78, 5) is 43.0. The number of aliphatic imine (C=N–C) groups is 1. The number of carbonyl (C=O) groups excluding carboxylic acids is 3. The van der Waals surface area contributed by atoms with E-state index in [1.165, 1.54) is 0 Å². The molecule has 0 bridgehead atoms. The molecule has 2 unspecified atom stereocenters.